The van der Waals surface area contributed by atoms with E-state index < -0.39 is 74.5 Å². The van der Waals surface area contributed by atoms with Crippen LogP contribution in [0.5, 0.6) is 11.5 Å². The molecule has 1 atom stereocenters. The average Bonchev–Trinajstić information content (AvgIpc) is 2.95. The number of nitrogens with zero attached hydrogens (tertiary/aromatic N) is 1. The standard InChI is InChI=1S/C19H14F6N2O4S/c20-11-5-10(9-26)6-12(7-11)31-14-1-2-15(32(29,30)19(23,24)25)16-13(14)8-18(21,22)17(16)27-3-4-28/h1-2,5-7,17,27-28H,3-4,8H2/t17-/m0/s1. The maximum absolute atomic E-state index is 14.7. The molecule has 0 spiro atoms. The summed E-state index contributed by atoms with van der Waals surface area (Å²) in [5.74, 6) is -5.35. The summed E-state index contributed by atoms with van der Waals surface area (Å²) in [6, 6.07) is 3.51. The van der Waals surface area contributed by atoms with Crippen molar-refractivity contribution in [3.05, 3.63) is 52.8 Å². The Kier molecular flexibility index (Phi) is 6.16. The fraction of sp³-hybridized carbons (Fsp3) is 0.316. The molecular weight excluding hydrogens is 466 g/mol. The molecule has 3 rings (SSSR count). The van der Waals surface area contributed by atoms with E-state index in [9.17, 15) is 34.8 Å². The molecule has 0 bridgehead atoms. The van der Waals surface area contributed by atoms with Crippen LogP contribution in [0.25, 0.3) is 0 Å². The number of hydrogen-bond acceptors (Lipinski definition) is 6. The summed E-state index contributed by atoms with van der Waals surface area (Å²) in [5.41, 5.74) is -7.30. The second-order valence-electron chi connectivity index (χ2n) is 6.84. The summed E-state index contributed by atoms with van der Waals surface area (Å²) in [6.45, 7) is -1.09. The van der Waals surface area contributed by atoms with Crippen molar-refractivity contribution < 1.29 is 44.6 Å². The molecule has 0 saturated carbocycles. The highest BCUT2D eigenvalue weighted by molar-refractivity contribution is 7.92. The number of halogens is 6. The molecule has 0 aliphatic heterocycles. The number of sulfone groups is 1. The van der Waals surface area contributed by atoms with E-state index in [-0.39, 0.29) is 11.3 Å². The van der Waals surface area contributed by atoms with Crippen LogP contribution in [-0.4, -0.2) is 38.1 Å². The summed E-state index contributed by atoms with van der Waals surface area (Å²) in [7, 11) is -6.01. The van der Waals surface area contributed by atoms with Gasteiger partial charge in [-0.2, -0.15) is 18.4 Å². The third-order valence-electron chi connectivity index (χ3n) is 4.68. The first-order valence-corrected chi connectivity index (χ1v) is 10.4. The van der Waals surface area contributed by atoms with Crippen molar-refractivity contribution in [2.75, 3.05) is 13.2 Å². The van der Waals surface area contributed by atoms with Crippen LogP contribution in [0.1, 0.15) is 22.7 Å². The van der Waals surface area contributed by atoms with E-state index in [1.807, 2.05) is 0 Å². The SMILES string of the molecule is N#Cc1cc(F)cc(Oc2ccc(S(=O)(=O)C(F)(F)F)c3c2CC(F)(F)[C@H]3NCCO)c1. The van der Waals surface area contributed by atoms with E-state index in [0.29, 0.717) is 6.07 Å². The van der Waals surface area contributed by atoms with Crippen molar-refractivity contribution in [3.63, 3.8) is 0 Å². The second kappa shape index (κ2) is 8.27. The number of hydrogen-bond donors (Lipinski definition) is 2. The molecule has 2 aromatic rings. The van der Waals surface area contributed by atoms with Crippen molar-refractivity contribution in [1.29, 1.82) is 5.26 Å². The fourth-order valence-electron chi connectivity index (χ4n) is 3.40. The van der Waals surface area contributed by atoms with E-state index in [1.54, 1.807) is 6.07 Å². The van der Waals surface area contributed by atoms with Crippen molar-refractivity contribution in [2.24, 2.45) is 0 Å². The van der Waals surface area contributed by atoms with Gasteiger partial charge < -0.3 is 15.2 Å². The van der Waals surface area contributed by atoms with Gasteiger partial charge in [0.05, 0.1) is 29.2 Å². The highest BCUT2D eigenvalue weighted by atomic mass is 32.2. The Morgan fingerprint density at radius 3 is 2.53 bits per heavy atom. The Morgan fingerprint density at radius 1 is 1.25 bits per heavy atom. The Bertz CT molecular complexity index is 1190. The summed E-state index contributed by atoms with van der Waals surface area (Å²) in [6.07, 6.45) is -1.18. The Hall–Kier alpha value is -2.82. The minimum absolute atomic E-state index is 0.166. The smallest absolute Gasteiger partial charge is 0.457 e. The zero-order chi connectivity index (χ0) is 23.9. The van der Waals surface area contributed by atoms with Crippen LogP contribution in [0, 0.1) is 17.1 Å². The third-order valence-corrected chi connectivity index (χ3v) is 6.22. The van der Waals surface area contributed by atoms with Gasteiger partial charge in [0.15, 0.2) is 0 Å². The number of nitriles is 1. The molecule has 0 amide bonds. The van der Waals surface area contributed by atoms with Crippen molar-refractivity contribution in [1.82, 2.24) is 5.32 Å². The molecule has 32 heavy (non-hydrogen) atoms. The summed E-state index contributed by atoms with van der Waals surface area (Å²) in [4.78, 5) is -1.38. The van der Waals surface area contributed by atoms with Gasteiger partial charge in [0.25, 0.3) is 15.8 Å². The lowest BCUT2D eigenvalue weighted by Crippen LogP contribution is -2.36. The Morgan fingerprint density at radius 2 is 1.94 bits per heavy atom. The number of nitrogens with one attached hydrogen (secondary N) is 1. The zero-order valence-electron chi connectivity index (χ0n) is 15.9. The zero-order valence-corrected chi connectivity index (χ0v) is 16.7. The monoisotopic (exact) mass is 480 g/mol. The van der Waals surface area contributed by atoms with E-state index in [2.05, 4.69) is 5.32 Å². The number of aliphatic hydroxyl groups is 1. The van der Waals surface area contributed by atoms with Gasteiger partial charge in [-0.15, -0.1) is 0 Å². The normalized spacial score (nSPS) is 17.6. The largest absolute Gasteiger partial charge is 0.501 e. The molecule has 2 aromatic carbocycles. The van der Waals surface area contributed by atoms with Crippen LogP contribution in [0.4, 0.5) is 26.3 Å². The van der Waals surface area contributed by atoms with Crippen molar-refractivity contribution >= 4 is 9.84 Å². The quantitative estimate of drug-likeness (QED) is 0.613. The van der Waals surface area contributed by atoms with Crippen LogP contribution >= 0.6 is 0 Å². The maximum Gasteiger partial charge on any atom is 0.501 e. The van der Waals surface area contributed by atoms with E-state index in [1.165, 1.54) is 0 Å². The second-order valence-corrected chi connectivity index (χ2v) is 8.75. The topological polar surface area (TPSA) is 99.4 Å². The Labute approximate surface area is 178 Å². The lowest BCUT2D eigenvalue weighted by molar-refractivity contribution is -0.0442. The molecule has 1 aliphatic rings. The summed E-state index contributed by atoms with van der Waals surface area (Å²) in [5, 5.41) is 20.0. The van der Waals surface area contributed by atoms with Gasteiger partial charge in [0.2, 0.25) is 0 Å². The number of benzene rings is 2. The highest BCUT2D eigenvalue weighted by Crippen LogP contribution is 2.51. The number of rotatable bonds is 6. The predicted molar refractivity (Wildman–Crippen MR) is 97.4 cm³/mol. The summed E-state index contributed by atoms with van der Waals surface area (Å²) >= 11 is 0. The maximum atomic E-state index is 14.7. The summed E-state index contributed by atoms with van der Waals surface area (Å²) < 4.78 is 112. The predicted octanol–water partition coefficient (Wildman–Crippen LogP) is 3.60. The first-order valence-electron chi connectivity index (χ1n) is 8.89. The van der Waals surface area contributed by atoms with Crippen LogP contribution in [0.15, 0.2) is 35.2 Å². The fourth-order valence-corrected chi connectivity index (χ4v) is 4.43. The van der Waals surface area contributed by atoms with Crippen LogP contribution in [-0.2, 0) is 16.3 Å². The van der Waals surface area contributed by atoms with Gasteiger partial charge in [-0.05, 0) is 24.3 Å². The van der Waals surface area contributed by atoms with Crippen LogP contribution in [0.3, 0.4) is 0 Å². The van der Waals surface area contributed by atoms with Gasteiger partial charge in [0.1, 0.15) is 17.3 Å². The first kappa shape index (κ1) is 23.8. The molecule has 0 radical (unpaired) electrons. The highest BCUT2D eigenvalue weighted by Gasteiger charge is 2.55. The van der Waals surface area contributed by atoms with Crippen LogP contribution in [0.2, 0.25) is 0 Å². The Balaban J connectivity index is 2.21. The molecule has 0 unspecified atom stereocenters. The molecule has 0 aromatic heterocycles. The van der Waals surface area contributed by atoms with E-state index in [0.717, 1.165) is 24.3 Å². The molecule has 1 aliphatic carbocycles. The molecule has 0 saturated heterocycles. The lowest BCUT2D eigenvalue weighted by Gasteiger charge is -2.23. The third kappa shape index (κ3) is 4.25. The molecule has 6 nitrogen and oxygen atoms in total. The first-order chi connectivity index (χ1) is 14.8. The van der Waals surface area contributed by atoms with E-state index in [4.69, 9.17) is 15.1 Å². The van der Waals surface area contributed by atoms with Crippen molar-refractivity contribution in [3.8, 4) is 17.6 Å². The lowest BCUT2D eigenvalue weighted by atomic mass is 10.1. The molecule has 2 N–H and O–H groups in total. The number of aliphatic hydroxyl groups excluding tert-OH is 1. The number of alkyl halides is 5. The minimum atomic E-state index is -6.01. The van der Waals surface area contributed by atoms with Gasteiger partial charge in [-0.3, -0.25) is 0 Å². The van der Waals surface area contributed by atoms with Crippen LogP contribution < -0.4 is 10.1 Å². The van der Waals surface area contributed by atoms with Crippen molar-refractivity contribution in [2.45, 2.75) is 28.8 Å². The average molecular weight is 480 g/mol. The number of fused-ring (bicyclic) bond motifs is 1. The van der Waals surface area contributed by atoms with Gasteiger partial charge in [0, 0.05) is 30.2 Å². The molecule has 0 heterocycles. The molecular formula is C19H14F6N2O4S. The molecule has 0 fully saturated rings. The van der Waals surface area contributed by atoms with E-state index >= 15 is 0 Å². The number of ether oxygens (including phenoxy) is 1. The van der Waals surface area contributed by atoms with Gasteiger partial charge in [-0.1, -0.05) is 0 Å². The molecule has 172 valence electrons. The van der Waals surface area contributed by atoms with Gasteiger partial charge in [-0.25, -0.2) is 21.6 Å². The van der Waals surface area contributed by atoms with Gasteiger partial charge >= 0.3 is 5.51 Å². The minimum Gasteiger partial charge on any atom is -0.457 e. The molecule has 13 heteroatoms.